The van der Waals surface area contributed by atoms with Crippen molar-refractivity contribution in [3.63, 3.8) is 0 Å². The Hall–Kier alpha value is -1.49. The van der Waals surface area contributed by atoms with Crippen molar-refractivity contribution in [2.75, 3.05) is 12.4 Å². The fraction of sp³-hybridized carbons (Fsp3) is 0.200. The van der Waals surface area contributed by atoms with Gasteiger partial charge in [-0.25, -0.2) is 0 Å². The fourth-order valence-corrected chi connectivity index (χ4v) is 1.26. The number of amides is 1. The molecular weight excluding hydrogens is 214 g/mol. The summed E-state index contributed by atoms with van der Waals surface area (Å²) in [5.74, 6) is -0.351. The lowest BCUT2D eigenvalue weighted by Crippen LogP contribution is -2.09. The molecule has 4 nitrogen and oxygen atoms in total. The molecule has 0 aliphatic carbocycles. The van der Waals surface area contributed by atoms with Crippen LogP contribution in [0.25, 0.3) is 0 Å². The molecule has 5 heteroatoms. The van der Waals surface area contributed by atoms with Crippen LogP contribution in [0.15, 0.2) is 24.3 Å². The summed E-state index contributed by atoms with van der Waals surface area (Å²) < 4.78 is 4.54. The van der Waals surface area contributed by atoms with Crippen LogP contribution >= 0.6 is 12.6 Å². The average molecular weight is 225 g/mol. The highest BCUT2D eigenvalue weighted by Gasteiger charge is 2.08. The molecule has 1 rings (SSSR count). The summed E-state index contributed by atoms with van der Waals surface area (Å²) in [6, 6.07) is 6.99. The van der Waals surface area contributed by atoms with Gasteiger partial charge in [-0.3, -0.25) is 9.59 Å². The first-order valence-corrected chi connectivity index (χ1v) is 4.73. The lowest BCUT2D eigenvalue weighted by Gasteiger charge is -2.07. The molecule has 0 spiro atoms. The molecule has 0 fully saturated rings. The molecule has 0 saturated carbocycles. The van der Waals surface area contributed by atoms with Crippen molar-refractivity contribution < 1.29 is 14.3 Å². The Morgan fingerprint density at radius 1 is 1.40 bits per heavy atom. The summed E-state index contributed by atoms with van der Waals surface area (Å²) in [6.07, 6.45) is 0.126. The molecule has 80 valence electrons. The number of esters is 1. The van der Waals surface area contributed by atoms with Crippen molar-refractivity contribution in [3.8, 4) is 0 Å². The number of hydrogen-bond donors (Lipinski definition) is 2. The third kappa shape index (κ3) is 3.63. The third-order valence-electron chi connectivity index (χ3n) is 1.82. The average Bonchev–Trinajstić information content (AvgIpc) is 2.20. The van der Waals surface area contributed by atoms with Gasteiger partial charge in [0.05, 0.1) is 13.5 Å². The summed E-state index contributed by atoms with van der Waals surface area (Å²) in [4.78, 5) is 21.8. The fourth-order valence-electron chi connectivity index (χ4n) is 1.14. The van der Waals surface area contributed by atoms with Crippen molar-refractivity contribution in [1.29, 1.82) is 0 Å². The number of rotatable bonds is 3. The molecule has 0 aliphatic heterocycles. The van der Waals surface area contributed by atoms with Crippen LogP contribution < -0.4 is 5.32 Å². The number of anilines is 1. The Morgan fingerprint density at radius 3 is 2.67 bits per heavy atom. The Morgan fingerprint density at radius 2 is 2.07 bits per heavy atom. The highest BCUT2D eigenvalue weighted by molar-refractivity contribution is 7.96. The molecule has 1 N–H and O–H groups in total. The van der Waals surface area contributed by atoms with E-state index in [0.717, 1.165) is 0 Å². The molecular formula is C10H11NO3S. The number of methoxy groups -OCH3 is 1. The number of carbonyl (C=O) groups is 2. The van der Waals surface area contributed by atoms with Crippen LogP contribution in [0, 0.1) is 0 Å². The van der Waals surface area contributed by atoms with Crippen molar-refractivity contribution in [2.24, 2.45) is 0 Å². The first kappa shape index (κ1) is 11.6. The number of hydrogen-bond acceptors (Lipinski definition) is 3. The van der Waals surface area contributed by atoms with Gasteiger partial charge >= 0.3 is 5.97 Å². The second-order valence-corrected chi connectivity index (χ2v) is 3.25. The van der Waals surface area contributed by atoms with Gasteiger partial charge in [0.25, 0.3) is 5.24 Å². The summed E-state index contributed by atoms with van der Waals surface area (Å²) in [5, 5.41) is 2.05. The number of thiol groups is 1. The highest BCUT2D eigenvalue weighted by Crippen LogP contribution is 2.16. The van der Waals surface area contributed by atoms with Crippen LogP contribution in [-0.4, -0.2) is 18.3 Å². The minimum Gasteiger partial charge on any atom is -0.469 e. The van der Waals surface area contributed by atoms with Crippen molar-refractivity contribution in [2.45, 2.75) is 6.42 Å². The lowest BCUT2D eigenvalue weighted by atomic mass is 10.1. The van der Waals surface area contributed by atoms with Crippen LogP contribution in [-0.2, 0) is 16.0 Å². The first-order chi connectivity index (χ1) is 7.13. The van der Waals surface area contributed by atoms with Gasteiger partial charge in [0.2, 0.25) is 0 Å². The van der Waals surface area contributed by atoms with Gasteiger partial charge in [-0.1, -0.05) is 30.8 Å². The highest BCUT2D eigenvalue weighted by atomic mass is 32.1. The van der Waals surface area contributed by atoms with Gasteiger partial charge in [-0.05, 0) is 11.6 Å². The van der Waals surface area contributed by atoms with Crippen molar-refractivity contribution in [1.82, 2.24) is 0 Å². The van der Waals surface area contributed by atoms with Gasteiger partial charge < -0.3 is 10.1 Å². The third-order valence-corrected chi connectivity index (χ3v) is 1.93. The second kappa shape index (κ2) is 5.41. The quantitative estimate of drug-likeness (QED) is 0.610. The van der Waals surface area contributed by atoms with E-state index in [-0.39, 0.29) is 12.4 Å². The SMILES string of the molecule is COC(=O)Cc1ccccc1NC(=O)S. The van der Waals surface area contributed by atoms with E-state index in [1.165, 1.54) is 7.11 Å². The normalized spacial score (nSPS) is 9.47. The predicted octanol–water partition coefficient (Wildman–Crippen LogP) is 1.86. The van der Waals surface area contributed by atoms with E-state index >= 15 is 0 Å². The van der Waals surface area contributed by atoms with Gasteiger partial charge in [0.1, 0.15) is 0 Å². The van der Waals surface area contributed by atoms with E-state index in [9.17, 15) is 9.59 Å². The van der Waals surface area contributed by atoms with Gasteiger partial charge in [0, 0.05) is 5.69 Å². The number of nitrogens with one attached hydrogen (secondary N) is 1. The van der Waals surface area contributed by atoms with Crippen LogP contribution in [0.5, 0.6) is 0 Å². The molecule has 0 bridgehead atoms. The topological polar surface area (TPSA) is 55.4 Å². The van der Waals surface area contributed by atoms with Gasteiger partial charge in [0.15, 0.2) is 0 Å². The van der Waals surface area contributed by atoms with Crippen molar-refractivity contribution in [3.05, 3.63) is 29.8 Å². The van der Waals surface area contributed by atoms with Crippen LogP contribution in [0.1, 0.15) is 5.56 Å². The predicted molar refractivity (Wildman–Crippen MR) is 60.2 cm³/mol. The van der Waals surface area contributed by atoms with Crippen LogP contribution in [0.4, 0.5) is 10.5 Å². The molecule has 1 aromatic carbocycles. The molecule has 0 radical (unpaired) electrons. The molecule has 0 aliphatic rings. The maximum Gasteiger partial charge on any atom is 0.310 e. The Kier molecular flexibility index (Phi) is 4.17. The number of para-hydroxylation sites is 1. The number of ether oxygens (including phenoxy) is 1. The maximum atomic E-state index is 11.1. The second-order valence-electron chi connectivity index (χ2n) is 2.84. The minimum atomic E-state index is -0.465. The van der Waals surface area contributed by atoms with E-state index in [1.807, 2.05) is 0 Å². The molecule has 0 heterocycles. The first-order valence-electron chi connectivity index (χ1n) is 4.28. The molecule has 1 aromatic rings. The summed E-state index contributed by atoms with van der Waals surface area (Å²) in [5.41, 5.74) is 1.27. The van der Waals surface area contributed by atoms with E-state index in [1.54, 1.807) is 24.3 Å². The standard InChI is InChI=1S/C10H11NO3S/c1-14-9(12)6-7-4-2-3-5-8(7)11-10(13)15/h2-5H,6H2,1H3,(H2,11,13,15). The van der Waals surface area contributed by atoms with Gasteiger partial charge in [-0.15, -0.1) is 0 Å². The van der Waals surface area contributed by atoms with Crippen LogP contribution in [0.2, 0.25) is 0 Å². The zero-order chi connectivity index (χ0) is 11.3. The van der Waals surface area contributed by atoms with E-state index in [4.69, 9.17) is 0 Å². The lowest BCUT2D eigenvalue weighted by molar-refractivity contribution is -0.139. The van der Waals surface area contributed by atoms with E-state index in [0.29, 0.717) is 11.3 Å². The van der Waals surface area contributed by atoms with E-state index < -0.39 is 5.24 Å². The molecule has 0 aromatic heterocycles. The summed E-state index contributed by atoms with van der Waals surface area (Å²) >= 11 is 3.60. The number of carbonyl (C=O) groups excluding carboxylic acids is 2. The molecule has 0 atom stereocenters. The Labute approximate surface area is 93.0 Å². The van der Waals surface area contributed by atoms with Gasteiger partial charge in [-0.2, -0.15) is 0 Å². The molecule has 1 amide bonds. The molecule has 0 saturated heterocycles. The Bertz CT molecular complexity index is 379. The van der Waals surface area contributed by atoms with Crippen LogP contribution in [0.3, 0.4) is 0 Å². The monoisotopic (exact) mass is 225 g/mol. The van der Waals surface area contributed by atoms with E-state index in [2.05, 4.69) is 22.7 Å². The molecule has 15 heavy (non-hydrogen) atoms. The maximum absolute atomic E-state index is 11.1. The number of benzene rings is 1. The smallest absolute Gasteiger partial charge is 0.310 e. The largest absolute Gasteiger partial charge is 0.469 e. The zero-order valence-corrected chi connectivity index (χ0v) is 9.08. The summed E-state index contributed by atoms with van der Waals surface area (Å²) in [7, 11) is 1.32. The minimum absolute atomic E-state index is 0.126. The zero-order valence-electron chi connectivity index (χ0n) is 8.19. The summed E-state index contributed by atoms with van der Waals surface area (Å²) in [6.45, 7) is 0. The van der Waals surface area contributed by atoms with Crippen molar-refractivity contribution >= 4 is 29.5 Å². The molecule has 0 unspecified atom stereocenters. The Balaban J connectivity index is 2.85.